The number of aromatic nitrogens is 4. The Bertz CT molecular complexity index is 892. The second kappa shape index (κ2) is 6.40. The van der Waals surface area contributed by atoms with Gasteiger partial charge in [-0.25, -0.2) is 14.4 Å². The topological polar surface area (TPSA) is 83.7 Å². The maximum atomic E-state index is 14.4. The first-order chi connectivity index (χ1) is 12.2. The van der Waals surface area contributed by atoms with Crippen LogP contribution in [-0.4, -0.2) is 39.3 Å². The first-order valence-electron chi connectivity index (χ1n) is 8.64. The molecule has 3 aromatic heterocycles. The Kier molecular flexibility index (Phi) is 4.09. The predicted octanol–water partition coefficient (Wildman–Crippen LogP) is 2.72. The van der Waals surface area contributed by atoms with Gasteiger partial charge in [0.1, 0.15) is 17.2 Å². The average Bonchev–Trinajstić information content (AvgIpc) is 3.20. The van der Waals surface area contributed by atoms with Crippen LogP contribution in [0.5, 0.6) is 0 Å². The minimum absolute atomic E-state index is 0.130. The molecular weight excluding hydrogens is 319 g/mol. The zero-order valence-electron chi connectivity index (χ0n) is 14.1. The molecule has 0 amide bonds. The van der Waals surface area contributed by atoms with E-state index < -0.39 is 5.82 Å². The second-order valence-corrected chi connectivity index (χ2v) is 6.59. The van der Waals surface area contributed by atoms with Crippen LogP contribution in [-0.2, 0) is 0 Å². The number of nitrogens with zero attached hydrogens (tertiary/aromatic N) is 4. The summed E-state index contributed by atoms with van der Waals surface area (Å²) in [7, 11) is 0. The van der Waals surface area contributed by atoms with Gasteiger partial charge < -0.3 is 10.6 Å². The smallest absolute Gasteiger partial charge is 0.155 e. The number of rotatable bonds is 4. The molecule has 1 aliphatic heterocycles. The number of anilines is 1. The summed E-state index contributed by atoms with van der Waals surface area (Å²) in [6, 6.07) is 6.96. The lowest BCUT2D eigenvalue weighted by molar-refractivity contribution is 0.472. The highest BCUT2D eigenvalue weighted by molar-refractivity contribution is 5.89. The lowest BCUT2D eigenvalue weighted by Crippen LogP contribution is -2.29. The Labute approximate surface area is 145 Å². The van der Waals surface area contributed by atoms with Gasteiger partial charge in [-0.05, 0) is 36.6 Å². The fourth-order valence-electron chi connectivity index (χ4n) is 3.57. The first-order valence-corrected chi connectivity index (χ1v) is 8.64. The SMILES string of the molecule is CCC[C@H]1CN(c2ccc(F)c(-c3n[nH]c4ncccc34)n2)C[C@@H]1N. The molecule has 0 aromatic carbocycles. The van der Waals surface area contributed by atoms with Gasteiger partial charge in [0, 0.05) is 30.7 Å². The number of H-pyrrole nitrogens is 1. The molecule has 0 radical (unpaired) electrons. The van der Waals surface area contributed by atoms with Gasteiger partial charge >= 0.3 is 0 Å². The van der Waals surface area contributed by atoms with Crippen molar-refractivity contribution < 1.29 is 4.39 Å². The zero-order valence-corrected chi connectivity index (χ0v) is 14.1. The summed E-state index contributed by atoms with van der Waals surface area (Å²) < 4.78 is 14.4. The van der Waals surface area contributed by atoms with Gasteiger partial charge in [0.25, 0.3) is 0 Å². The van der Waals surface area contributed by atoms with E-state index in [1.807, 2.05) is 6.07 Å². The van der Waals surface area contributed by atoms with Gasteiger partial charge in [0.15, 0.2) is 11.5 Å². The number of hydrogen-bond acceptors (Lipinski definition) is 5. The molecule has 0 aliphatic carbocycles. The van der Waals surface area contributed by atoms with E-state index in [4.69, 9.17) is 5.73 Å². The molecule has 7 heteroatoms. The third-order valence-electron chi connectivity index (χ3n) is 4.87. The standard InChI is InChI=1S/C18H21FN6/c1-2-4-11-9-25(10-14(11)20)15-7-6-13(19)17(22-15)16-12-5-3-8-21-18(12)24-23-16/h3,5-8,11,14H,2,4,9-10,20H2,1H3,(H,21,23,24)/t11-,14-/m0/s1. The normalized spacial score (nSPS) is 20.5. The predicted molar refractivity (Wildman–Crippen MR) is 95.7 cm³/mol. The van der Waals surface area contributed by atoms with Gasteiger partial charge in [0.2, 0.25) is 0 Å². The number of fused-ring (bicyclic) bond motifs is 1. The lowest BCUT2D eigenvalue weighted by Gasteiger charge is -2.18. The van der Waals surface area contributed by atoms with Crippen molar-refractivity contribution in [2.24, 2.45) is 11.7 Å². The van der Waals surface area contributed by atoms with E-state index in [1.54, 1.807) is 18.3 Å². The Hall–Kier alpha value is -2.54. The fraction of sp³-hybridized carbons (Fsp3) is 0.389. The molecular formula is C18H21FN6. The molecule has 4 rings (SSSR count). The monoisotopic (exact) mass is 340 g/mol. The molecule has 3 N–H and O–H groups in total. The molecule has 1 fully saturated rings. The number of aromatic amines is 1. The minimum atomic E-state index is -0.394. The van der Waals surface area contributed by atoms with Crippen molar-refractivity contribution in [3.63, 3.8) is 0 Å². The summed E-state index contributed by atoms with van der Waals surface area (Å²) >= 11 is 0. The van der Waals surface area contributed by atoms with Crippen LogP contribution in [0.25, 0.3) is 22.4 Å². The van der Waals surface area contributed by atoms with E-state index in [2.05, 4.69) is 32.0 Å². The van der Waals surface area contributed by atoms with E-state index in [-0.39, 0.29) is 11.7 Å². The van der Waals surface area contributed by atoms with Gasteiger partial charge in [0.05, 0.1) is 0 Å². The lowest BCUT2D eigenvalue weighted by atomic mass is 9.99. The summed E-state index contributed by atoms with van der Waals surface area (Å²) in [5.41, 5.74) is 7.60. The van der Waals surface area contributed by atoms with Crippen LogP contribution in [0.1, 0.15) is 19.8 Å². The van der Waals surface area contributed by atoms with Crippen LogP contribution < -0.4 is 10.6 Å². The molecule has 6 nitrogen and oxygen atoms in total. The van der Waals surface area contributed by atoms with Crippen molar-refractivity contribution >= 4 is 16.9 Å². The van der Waals surface area contributed by atoms with E-state index in [0.29, 0.717) is 17.3 Å². The number of hydrogen-bond donors (Lipinski definition) is 2. The Balaban J connectivity index is 1.70. The van der Waals surface area contributed by atoms with Crippen molar-refractivity contribution in [2.75, 3.05) is 18.0 Å². The van der Waals surface area contributed by atoms with E-state index in [1.165, 1.54) is 6.07 Å². The molecule has 130 valence electrons. The van der Waals surface area contributed by atoms with Gasteiger partial charge in [-0.3, -0.25) is 5.10 Å². The highest BCUT2D eigenvalue weighted by atomic mass is 19.1. The Morgan fingerprint density at radius 1 is 1.28 bits per heavy atom. The van der Waals surface area contributed by atoms with Crippen LogP contribution in [0.4, 0.5) is 10.2 Å². The molecule has 2 atom stereocenters. The van der Waals surface area contributed by atoms with Crippen LogP contribution >= 0.6 is 0 Å². The van der Waals surface area contributed by atoms with Gasteiger partial charge in [-0.15, -0.1) is 0 Å². The quantitative estimate of drug-likeness (QED) is 0.763. The zero-order chi connectivity index (χ0) is 17.4. The number of halogens is 1. The Morgan fingerprint density at radius 3 is 3.00 bits per heavy atom. The first kappa shape index (κ1) is 16.0. The van der Waals surface area contributed by atoms with Crippen molar-refractivity contribution in [3.8, 4) is 11.4 Å². The van der Waals surface area contributed by atoms with Crippen LogP contribution in [0.3, 0.4) is 0 Å². The molecule has 0 unspecified atom stereocenters. The molecule has 0 saturated carbocycles. The molecule has 4 heterocycles. The number of nitrogens with two attached hydrogens (primary N) is 1. The highest BCUT2D eigenvalue weighted by Crippen LogP contribution is 2.30. The highest BCUT2D eigenvalue weighted by Gasteiger charge is 2.30. The molecule has 1 saturated heterocycles. The van der Waals surface area contributed by atoms with E-state index in [0.717, 1.165) is 37.1 Å². The summed E-state index contributed by atoms with van der Waals surface area (Å²) in [4.78, 5) is 10.9. The Morgan fingerprint density at radius 2 is 2.16 bits per heavy atom. The fourth-order valence-corrected chi connectivity index (χ4v) is 3.57. The molecule has 25 heavy (non-hydrogen) atoms. The number of pyridine rings is 2. The molecule has 3 aromatic rings. The number of nitrogens with one attached hydrogen (secondary N) is 1. The van der Waals surface area contributed by atoms with Crippen LogP contribution in [0, 0.1) is 11.7 Å². The minimum Gasteiger partial charge on any atom is -0.355 e. The maximum absolute atomic E-state index is 14.4. The van der Waals surface area contributed by atoms with Crippen molar-refractivity contribution in [3.05, 3.63) is 36.3 Å². The summed E-state index contributed by atoms with van der Waals surface area (Å²) in [5, 5.41) is 7.81. The van der Waals surface area contributed by atoms with Gasteiger partial charge in [-0.2, -0.15) is 5.10 Å². The van der Waals surface area contributed by atoms with Crippen molar-refractivity contribution in [2.45, 2.75) is 25.8 Å². The molecule has 0 spiro atoms. The molecule has 0 bridgehead atoms. The summed E-state index contributed by atoms with van der Waals surface area (Å²) in [6.07, 6.45) is 3.88. The average molecular weight is 340 g/mol. The third-order valence-corrected chi connectivity index (χ3v) is 4.87. The summed E-state index contributed by atoms with van der Waals surface area (Å²) in [5.74, 6) is 0.802. The van der Waals surface area contributed by atoms with E-state index in [9.17, 15) is 4.39 Å². The summed E-state index contributed by atoms with van der Waals surface area (Å²) in [6.45, 7) is 3.77. The maximum Gasteiger partial charge on any atom is 0.155 e. The largest absolute Gasteiger partial charge is 0.355 e. The van der Waals surface area contributed by atoms with Gasteiger partial charge in [-0.1, -0.05) is 13.3 Å². The second-order valence-electron chi connectivity index (χ2n) is 6.59. The van der Waals surface area contributed by atoms with Crippen molar-refractivity contribution in [1.82, 2.24) is 20.2 Å². The van der Waals surface area contributed by atoms with E-state index >= 15 is 0 Å². The third kappa shape index (κ3) is 2.84. The van der Waals surface area contributed by atoms with Crippen LogP contribution in [0.15, 0.2) is 30.5 Å². The molecule has 1 aliphatic rings. The van der Waals surface area contributed by atoms with Crippen LogP contribution in [0.2, 0.25) is 0 Å². The van der Waals surface area contributed by atoms with Crippen molar-refractivity contribution in [1.29, 1.82) is 0 Å².